The summed E-state index contributed by atoms with van der Waals surface area (Å²) in [5, 5.41) is 5.31. The Labute approximate surface area is 229 Å². The van der Waals surface area contributed by atoms with Crippen LogP contribution in [0.4, 0.5) is 19.7 Å². The zero-order valence-electron chi connectivity index (χ0n) is 21.7. The van der Waals surface area contributed by atoms with E-state index in [-0.39, 0.29) is 17.9 Å². The third-order valence-corrected chi connectivity index (χ3v) is 7.33. The Kier molecular flexibility index (Phi) is 7.92. The highest BCUT2D eigenvalue weighted by atomic mass is 32.1. The number of anilines is 1. The third kappa shape index (κ3) is 6.46. The number of rotatable bonds is 7. The molecular weight excluding hydrogens is 519 g/mol. The first-order valence-electron chi connectivity index (χ1n) is 12.8. The fraction of sp³-hybridized carbons (Fsp3) is 0.276. The van der Waals surface area contributed by atoms with Crippen LogP contribution in [0.1, 0.15) is 31.6 Å². The van der Waals surface area contributed by atoms with Crippen LogP contribution in [-0.4, -0.2) is 47.7 Å². The lowest BCUT2D eigenvalue weighted by atomic mass is 10.1. The molecular formula is C29H29FN4O4S. The minimum Gasteiger partial charge on any atom is -0.453 e. The lowest BCUT2D eigenvalue weighted by molar-refractivity contribution is 0.0769. The van der Waals surface area contributed by atoms with Crippen molar-refractivity contribution in [1.29, 1.82) is 0 Å². The van der Waals surface area contributed by atoms with Crippen molar-refractivity contribution in [2.75, 3.05) is 25.0 Å². The van der Waals surface area contributed by atoms with Crippen LogP contribution >= 0.6 is 11.3 Å². The number of fused-ring (bicyclic) bond motifs is 1. The Balaban J connectivity index is 1.33. The number of pyridine rings is 1. The average molecular weight is 549 g/mol. The third-order valence-electron chi connectivity index (χ3n) is 6.12. The van der Waals surface area contributed by atoms with Gasteiger partial charge in [0.05, 0.1) is 16.8 Å². The van der Waals surface area contributed by atoms with Crippen molar-refractivity contribution in [2.45, 2.75) is 32.7 Å². The number of carbonyl (C=O) groups excluding carboxylic acids is 2. The standard InChI is InChI=1S/C29H29FN4O4S/c1-18(2)32-28(35)33-21-9-10-24(22(30)15-21)38-25-11-12-31-23-16-26(39-27(23)25)20-6-3-5-19(7-8-20)17-34-13-4-14-37-29(34)36/h3,5,7-12,15-16,18H,4,6,13-14,17H2,1-2H3,(H2,32,33,35). The first-order chi connectivity index (χ1) is 18.9. The SMILES string of the molecule is CC(C)NC(=O)Nc1ccc(Oc2ccnc3cc(C4=CC=C(CN5CCCOC5=O)C=CC4)sc23)c(F)c1. The second-order valence-electron chi connectivity index (χ2n) is 9.56. The summed E-state index contributed by atoms with van der Waals surface area (Å²) in [5.74, 6) is -0.0448. The highest BCUT2D eigenvalue weighted by molar-refractivity contribution is 7.20. The molecule has 1 aliphatic carbocycles. The van der Waals surface area contributed by atoms with Gasteiger partial charge in [0.1, 0.15) is 5.75 Å². The number of ether oxygens (including phenoxy) is 2. The van der Waals surface area contributed by atoms with Crippen LogP contribution in [-0.2, 0) is 4.74 Å². The van der Waals surface area contributed by atoms with Crippen molar-refractivity contribution in [3.63, 3.8) is 0 Å². The average Bonchev–Trinajstić information content (AvgIpc) is 3.20. The number of urea groups is 1. The molecule has 0 atom stereocenters. The highest BCUT2D eigenvalue weighted by Crippen LogP contribution is 2.39. The summed E-state index contributed by atoms with van der Waals surface area (Å²) in [6.07, 6.45) is 11.1. The molecule has 0 radical (unpaired) electrons. The Morgan fingerprint density at radius 1 is 1.23 bits per heavy atom. The van der Waals surface area contributed by atoms with Crippen LogP contribution in [0.25, 0.3) is 15.8 Å². The van der Waals surface area contributed by atoms with Gasteiger partial charge in [-0.25, -0.2) is 14.0 Å². The number of halogens is 1. The quantitative estimate of drug-likeness (QED) is 0.336. The van der Waals surface area contributed by atoms with Gasteiger partial charge in [0, 0.05) is 48.0 Å². The van der Waals surface area contributed by atoms with Crippen molar-refractivity contribution in [3.05, 3.63) is 77.1 Å². The van der Waals surface area contributed by atoms with Crippen LogP contribution in [0.15, 0.2) is 66.4 Å². The van der Waals surface area contributed by atoms with Gasteiger partial charge in [0.15, 0.2) is 11.6 Å². The predicted octanol–water partition coefficient (Wildman–Crippen LogP) is 6.87. The van der Waals surface area contributed by atoms with E-state index in [9.17, 15) is 14.0 Å². The second-order valence-corrected chi connectivity index (χ2v) is 10.6. The monoisotopic (exact) mass is 548 g/mol. The number of carbonyl (C=O) groups is 2. The Morgan fingerprint density at radius 2 is 2.10 bits per heavy atom. The number of nitrogens with one attached hydrogen (secondary N) is 2. The van der Waals surface area contributed by atoms with E-state index in [2.05, 4.69) is 27.8 Å². The summed E-state index contributed by atoms with van der Waals surface area (Å²) in [6, 6.07) is 7.58. The van der Waals surface area contributed by atoms with Gasteiger partial charge in [-0.2, -0.15) is 0 Å². The number of hydrogen-bond donors (Lipinski definition) is 2. The number of thiophene rings is 1. The van der Waals surface area contributed by atoms with Gasteiger partial charge in [0.2, 0.25) is 0 Å². The second kappa shape index (κ2) is 11.7. The number of aromatic nitrogens is 1. The fourth-order valence-corrected chi connectivity index (χ4v) is 5.38. The smallest absolute Gasteiger partial charge is 0.410 e. The number of allylic oxidation sites excluding steroid dienone is 4. The summed E-state index contributed by atoms with van der Waals surface area (Å²) in [6.45, 7) is 5.36. The van der Waals surface area contributed by atoms with Crippen LogP contribution in [0.3, 0.4) is 0 Å². The lowest BCUT2D eigenvalue weighted by Gasteiger charge is -2.26. The lowest BCUT2D eigenvalue weighted by Crippen LogP contribution is -2.38. The minimum absolute atomic E-state index is 0.0367. The molecule has 2 aliphatic rings. The molecule has 2 aromatic heterocycles. The maximum atomic E-state index is 14.9. The molecule has 3 aromatic rings. The van der Waals surface area contributed by atoms with Crippen molar-refractivity contribution < 1.29 is 23.5 Å². The van der Waals surface area contributed by atoms with Gasteiger partial charge < -0.3 is 25.0 Å². The summed E-state index contributed by atoms with van der Waals surface area (Å²) in [5.41, 5.74) is 3.22. The molecule has 8 nitrogen and oxygen atoms in total. The largest absolute Gasteiger partial charge is 0.453 e. The molecule has 1 fully saturated rings. The highest BCUT2D eigenvalue weighted by Gasteiger charge is 2.20. The van der Waals surface area contributed by atoms with Crippen LogP contribution in [0.5, 0.6) is 11.5 Å². The van der Waals surface area contributed by atoms with Crippen LogP contribution in [0, 0.1) is 5.82 Å². The summed E-state index contributed by atoms with van der Waals surface area (Å²) in [4.78, 5) is 31.1. The molecule has 10 heteroatoms. The Bertz CT molecular complexity index is 1490. The molecule has 3 amide bonds. The van der Waals surface area contributed by atoms with Gasteiger partial charge in [-0.05, 0) is 56.0 Å². The molecule has 202 valence electrons. The molecule has 1 aromatic carbocycles. The number of cyclic esters (lactones) is 1. The van der Waals surface area contributed by atoms with Crippen molar-refractivity contribution in [1.82, 2.24) is 15.2 Å². The first-order valence-corrected chi connectivity index (χ1v) is 13.6. The summed E-state index contributed by atoms with van der Waals surface area (Å²) >= 11 is 1.53. The predicted molar refractivity (Wildman–Crippen MR) is 151 cm³/mol. The van der Waals surface area contributed by atoms with Gasteiger partial charge in [-0.1, -0.05) is 24.3 Å². The van der Waals surface area contributed by atoms with E-state index in [1.165, 1.54) is 23.5 Å². The number of hydrogen-bond acceptors (Lipinski definition) is 6. The van der Waals surface area contributed by atoms with E-state index >= 15 is 0 Å². The maximum absolute atomic E-state index is 14.9. The fourth-order valence-electron chi connectivity index (χ4n) is 4.28. The van der Waals surface area contributed by atoms with E-state index in [4.69, 9.17) is 9.47 Å². The molecule has 1 saturated heterocycles. The van der Waals surface area contributed by atoms with Gasteiger partial charge in [-0.3, -0.25) is 4.98 Å². The van der Waals surface area contributed by atoms with E-state index < -0.39 is 11.8 Å². The van der Waals surface area contributed by atoms with E-state index in [0.717, 1.165) is 39.1 Å². The normalized spacial score (nSPS) is 15.5. The topological polar surface area (TPSA) is 92.8 Å². The summed E-state index contributed by atoms with van der Waals surface area (Å²) < 4.78 is 26.8. The zero-order valence-corrected chi connectivity index (χ0v) is 22.5. The first kappa shape index (κ1) is 26.4. The number of amides is 3. The Morgan fingerprint density at radius 3 is 2.90 bits per heavy atom. The van der Waals surface area contributed by atoms with Gasteiger partial charge >= 0.3 is 12.1 Å². The molecule has 0 bridgehead atoms. The molecule has 3 heterocycles. The molecule has 0 unspecified atom stereocenters. The molecule has 2 N–H and O–H groups in total. The maximum Gasteiger partial charge on any atom is 0.410 e. The molecule has 1 aliphatic heterocycles. The molecule has 5 rings (SSSR count). The van der Waals surface area contributed by atoms with Gasteiger partial charge in [-0.15, -0.1) is 11.3 Å². The zero-order chi connectivity index (χ0) is 27.4. The minimum atomic E-state index is -0.592. The molecule has 0 saturated carbocycles. The van der Waals surface area contributed by atoms with E-state index in [0.29, 0.717) is 31.1 Å². The number of nitrogens with zero attached hydrogens (tertiary/aromatic N) is 2. The van der Waals surface area contributed by atoms with Crippen molar-refractivity contribution in [3.8, 4) is 11.5 Å². The molecule has 0 spiro atoms. The van der Waals surface area contributed by atoms with Crippen molar-refractivity contribution >= 4 is 44.9 Å². The van der Waals surface area contributed by atoms with Crippen molar-refractivity contribution in [2.24, 2.45) is 0 Å². The summed E-state index contributed by atoms with van der Waals surface area (Å²) in [7, 11) is 0. The van der Waals surface area contributed by atoms with E-state index in [1.54, 1.807) is 23.2 Å². The van der Waals surface area contributed by atoms with E-state index in [1.807, 2.05) is 32.1 Å². The van der Waals surface area contributed by atoms with Crippen LogP contribution in [0.2, 0.25) is 0 Å². The Hall–Kier alpha value is -4.18. The van der Waals surface area contributed by atoms with Gasteiger partial charge in [0.25, 0.3) is 0 Å². The molecule has 39 heavy (non-hydrogen) atoms. The van der Waals surface area contributed by atoms with Crippen LogP contribution < -0.4 is 15.4 Å². The number of benzene rings is 1.